The SMILES string of the molecule is CCCCCCOc1ccc([C@H]2Oc3ccc(Cl)cc3[C@H]3CC(c4ccc(OCC)cc4)=NN32)cc1. The number of nitrogens with zero attached hydrogens (tertiary/aromatic N) is 2. The normalized spacial score (nSPS) is 18.2. The van der Waals surface area contributed by atoms with Crippen LogP contribution in [0.5, 0.6) is 17.2 Å². The maximum absolute atomic E-state index is 6.49. The molecule has 0 aliphatic carbocycles. The predicted molar refractivity (Wildman–Crippen MR) is 144 cm³/mol. The molecule has 6 heteroatoms. The number of rotatable bonds is 10. The number of ether oxygens (including phenoxy) is 3. The van der Waals surface area contributed by atoms with Gasteiger partial charge in [0.15, 0.2) is 0 Å². The van der Waals surface area contributed by atoms with Crippen LogP contribution in [0.2, 0.25) is 5.02 Å². The molecule has 3 aromatic carbocycles. The van der Waals surface area contributed by atoms with Crippen molar-refractivity contribution in [3.05, 3.63) is 88.4 Å². The number of hydrazone groups is 1. The topological polar surface area (TPSA) is 43.3 Å². The van der Waals surface area contributed by atoms with E-state index < -0.39 is 0 Å². The van der Waals surface area contributed by atoms with Gasteiger partial charge >= 0.3 is 0 Å². The number of unbranched alkanes of at least 4 members (excludes halogenated alkanes) is 3. The Kier molecular flexibility index (Phi) is 7.66. The van der Waals surface area contributed by atoms with Gasteiger partial charge in [0, 0.05) is 22.6 Å². The van der Waals surface area contributed by atoms with Gasteiger partial charge in [0.1, 0.15) is 17.2 Å². The highest BCUT2D eigenvalue weighted by molar-refractivity contribution is 6.30. The Hall–Kier alpha value is -3.18. The molecule has 5 nitrogen and oxygen atoms in total. The second kappa shape index (κ2) is 11.3. The first-order valence-electron chi connectivity index (χ1n) is 12.9. The van der Waals surface area contributed by atoms with Crippen molar-refractivity contribution in [3.63, 3.8) is 0 Å². The molecular weight excluding hydrogens is 472 g/mol. The Morgan fingerprint density at radius 1 is 0.917 bits per heavy atom. The van der Waals surface area contributed by atoms with Gasteiger partial charge in [-0.25, -0.2) is 5.01 Å². The van der Waals surface area contributed by atoms with Gasteiger partial charge in [-0.1, -0.05) is 37.8 Å². The van der Waals surface area contributed by atoms with E-state index in [-0.39, 0.29) is 12.3 Å². The third-order valence-corrected chi connectivity index (χ3v) is 6.92. The van der Waals surface area contributed by atoms with E-state index in [0.717, 1.165) is 59.1 Å². The summed E-state index contributed by atoms with van der Waals surface area (Å²) in [5, 5.41) is 7.83. The molecule has 0 unspecified atom stereocenters. The Labute approximate surface area is 218 Å². The standard InChI is InChI=1S/C30H33ClN2O3/c1-3-5-6-7-18-35-25-15-10-22(11-16-25)30-33-28(26-19-23(31)12-17-29(26)36-30)20-27(32-33)21-8-13-24(14-9-21)34-4-2/h8-17,19,28,30H,3-7,18,20H2,1-2H3/t28-,30-/m1/s1. The van der Waals surface area contributed by atoms with E-state index in [2.05, 4.69) is 36.2 Å². The summed E-state index contributed by atoms with van der Waals surface area (Å²) in [7, 11) is 0. The Morgan fingerprint density at radius 3 is 2.42 bits per heavy atom. The lowest BCUT2D eigenvalue weighted by Gasteiger charge is -2.38. The fourth-order valence-electron chi connectivity index (χ4n) is 4.81. The summed E-state index contributed by atoms with van der Waals surface area (Å²) < 4.78 is 18.0. The fraction of sp³-hybridized carbons (Fsp3) is 0.367. The Balaban J connectivity index is 1.38. The molecule has 0 saturated carbocycles. The van der Waals surface area contributed by atoms with E-state index in [1.165, 1.54) is 19.3 Å². The molecule has 2 aliphatic rings. The molecular formula is C30H33ClN2O3. The van der Waals surface area contributed by atoms with Crippen LogP contribution in [0.3, 0.4) is 0 Å². The van der Waals surface area contributed by atoms with Crippen molar-refractivity contribution in [3.8, 4) is 17.2 Å². The van der Waals surface area contributed by atoms with Crippen LogP contribution in [-0.2, 0) is 0 Å². The van der Waals surface area contributed by atoms with Crippen LogP contribution in [0, 0.1) is 0 Å². The summed E-state index contributed by atoms with van der Waals surface area (Å²) in [6.07, 6.45) is 5.22. The molecule has 2 atom stereocenters. The highest BCUT2D eigenvalue weighted by atomic mass is 35.5. The highest BCUT2D eigenvalue weighted by Crippen LogP contribution is 2.48. The minimum Gasteiger partial charge on any atom is -0.494 e. The molecule has 5 rings (SSSR count). The fourth-order valence-corrected chi connectivity index (χ4v) is 4.99. The average Bonchev–Trinajstić information content (AvgIpc) is 3.35. The van der Waals surface area contributed by atoms with Crippen molar-refractivity contribution in [2.45, 2.75) is 58.2 Å². The zero-order valence-corrected chi connectivity index (χ0v) is 21.7. The average molecular weight is 505 g/mol. The second-order valence-corrected chi connectivity index (χ2v) is 9.67. The molecule has 0 fully saturated rings. The van der Waals surface area contributed by atoms with Crippen molar-refractivity contribution in [2.24, 2.45) is 5.10 Å². The van der Waals surface area contributed by atoms with Crippen LogP contribution < -0.4 is 14.2 Å². The minimum atomic E-state index is -0.331. The molecule has 0 amide bonds. The summed E-state index contributed by atoms with van der Waals surface area (Å²) >= 11 is 6.37. The second-order valence-electron chi connectivity index (χ2n) is 9.23. The molecule has 36 heavy (non-hydrogen) atoms. The maximum Gasteiger partial charge on any atom is 0.213 e. The largest absolute Gasteiger partial charge is 0.494 e. The molecule has 0 saturated heterocycles. The summed E-state index contributed by atoms with van der Waals surface area (Å²) in [6, 6.07) is 22.2. The van der Waals surface area contributed by atoms with Gasteiger partial charge < -0.3 is 14.2 Å². The molecule has 0 radical (unpaired) electrons. The molecule has 188 valence electrons. The zero-order valence-electron chi connectivity index (χ0n) is 21.0. The molecule has 2 heterocycles. The lowest BCUT2D eigenvalue weighted by atomic mass is 9.96. The van der Waals surface area contributed by atoms with E-state index in [0.29, 0.717) is 11.6 Å². The van der Waals surface area contributed by atoms with Crippen LogP contribution in [0.1, 0.15) is 74.9 Å². The molecule has 0 spiro atoms. The highest BCUT2D eigenvalue weighted by Gasteiger charge is 2.41. The van der Waals surface area contributed by atoms with Crippen LogP contribution in [-0.4, -0.2) is 23.9 Å². The Bertz CT molecular complexity index is 1190. The van der Waals surface area contributed by atoms with E-state index >= 15 is 0 Å². The zero-order chi connectivity index (χ0) is 24.9. The smallest absolute Gasteiger partial charge is 0.213 e. The van der Waals surface area contributed by atoms with Crippen molar-refractivity contribution < 1.29 is 14.2 Å². The molecule has 0 N–H and O–H groups in total. The van der Waals surface area contributed by atoms with Crippen molar-refractivity contribution in [1.29, 1.82) is 0 Å². The van der Waals surface area contributed by atoms with Crippen LogP contribution in [0.4, 0.5) is 0 Å². The minimum absolute atomic E-state index is 0.0495. The first-order chi connectivity index (χ1) is 17.7. The third-order valence-electron chi connectivity index (χ3n) is 6.68. The monoisotopic (exact) mass is 504 g/mol. The van der Waals surface area contributed by atoms with Crippen LogP contribution >= 0.6 is 11.6 Å². The summed E-state index contributed by atoms with van der Waals surface area (Å²) in [5.74, 6) is 2.60. The van der Waals surface area contributed by atoms with Crippen LogP contribution in [0.15, 0.2) is 71.8 Å². The van der Waals surface area contributed by atoms with E-state index in [1.54, 1.807) is 0 Å². The summed E-state index contributed by atoms with van der Waals surface area (Å²) in [5.41, 5.74) is 4.21. The third kappa shape index (κ3) is 5.31. The number of benzene rings is 3. The first-order valence-corrected chi connectivity index (χ1v) is 13.3. The van der Waals surface area contributed by atoms with Gasteiger partial charge in [-0.15, -0.1) is 0 Å². The Morgan fingerprint density at radius 2 is 1.67 bits per heavy atom. The van der Waals surface area contributed by atoms with Gasteiger partial charge in [0.2, 0.25) is 6.23 Å². The quantitative estimate of drug-likeness (QED) is 0.263. The number of fused-ring (bicyclic) bond motifs is 3. The molecule has 2 aliphatic heterocycles. The van der Waals surface area contributed by atoms with Crippen molar-refractivity contribution >= 4 is 17.3 Å². The molecule has 0 aromatic heterocycles. The van der Waals surface area contributed by atoms with E-state index in [4.69, 9.17) is 30.9 Å². The molecule has 3 aromatic rings. The lowest BCUT2D eigenvalue weighted by Crippen LogP contribution is -2.33. The van der Waals surface area contributed by atoms with E-state index in [9.17, 15) is 0 Å². The van der Waals surface area contributed by atoms with Gasteiger partial charge in [-0.05, 0) is 85.6 Å². The van der Waals surface area contributed by atoms with Crippen molar-refractivity contribution in [1.82, 2.24) is 5.01 Å². The lowest BCUT2D eigenvalue weighted by molar-refractivity contribution is -0.0190. The van der Waals surface area contributed by atoms with Gasteiger partial charge in [0.05, 0.1) is 25.0 Å². The number of hydrogen-bond donors (Lipinski definition) is 0. The van der Waals surface area contributed by atoms with Gasteiger partial charge in [-0.3, -0.25) is 0 Å². The van der Waals surface area contributed by atoms with Gasteiger partial charge in [0.25, 0.3) is 0 Å². The van der Waals surface area contributed by atoms with Gasteiger partial charge in [-0.2, -0.15) is 5.10 Å². The predicted octanol–water partition coefficient (Wildman–Crippen LogP) is 7.94. The number of hydrogen-bond acceptors (Lipinski definition) is 5. The maximum atomic E-state index is 6.49. The van der Waals surface area contributed by atoms with Crippen molar-refractivity contribution in [2.75, 3.05) is 13.2 Å². The number of halogens is 1. The van der Waals surface area contributed by atoms with Crippen LogP contribution in [0.25, 0.3) is 0 Å². The first kappa shape index (κ1) is 24.5. The summed E-state index contributed by atoms with van der Waals surface area (Å²) in [6.45, 7) is 5.60. The molecule has 0 bridgehead atoms. The van der Waals surface area contributed by atoms with E-state index in [1.807, 2.05) is 49.4 Å². The summed E-state index contributed by atoms with van der Waals surface area (Å²) in [4.78, 5) is 0.